The van der Waals surface area contributed by atoms with Gasteiger partial charge >= 0.3 is 11.9 Å². The second-order valence-electron chi connectivity index (χ2n) is 2.62. The van der Waals surface area contributed by atoms with Gasteiger partial charge in [0.1, 0.15) is 5.82 Å². The second-order valence-corrected chi connectivity index (χ2v) is 2.62. The topological polar surface area (TPSA) is 139 Å². The quantitative estimate of drug-likeness (QED) is 0.308. The third kappa shape index (κ3) is 7.31. The van der Waals surface area contributed by atoms with E-state index in [0.717, 1.165) is 0 Å². The smallest absolute Gasteiger partial charge is 0.414 e. The Kier molecular flexibility index (Phi) is 5.72. The van der Waals surface area contributed by atoms with Crippen LogP contribution in [-0.2, 0) is 9.59 Å². The highest BCUT2D eigenvalue weighted by molar-refractivity contribution is 6.27. The Labute approximate surface area is 95.2 Å². The molecule has 92 valence electrons. The number of halogens is 1. The first-order valence-electron chi connectivity index (χ1n) is 4.14. The summed E-state index contributed by atoms with van der Waals surface area (Å²) in [6, 6.07) is 5.58. The molecule has 0 aliphatic heterocycles. The molecule has 0 radical (unpaired) electrons. The van der Waals surface area contributed by atoms with Crippen molar-refractivity contribution in [1.29, 1.82) is 0 Å². The number of aliphatic carboxylic acids is 2. The summed E-state index contributed by atoms with van der Waals surface area (Å²) in [6.07, 6.45) is 0. The van der Waals surface area contributed by atoms with Crippen molar-refractivity contribution in [3.63, 3.8) is 0 Å². The van der Waals surface area contributed by atoms with Crippen molar-refractivity contribution in [2.45, 2.75) is 0 Å². The molecule has 1 rings (SSSR count). The number of carboxylic acids is 2. The van der Waals surface area contributed by atoms with Crippen molar-refractivity contribution in [2.24, 2.45) is 16.5 Å². The van der Waals surface area contributed by atoms with Crippen molar-refractivity contribution >= 4 is 23.6 Å². The molecule has 0 heterocycles. The van der Waals surface area contributed by atoms with E-state index in [1.165, 1.54) is 24.3 Å². The van der Waals surface area contributed by atoms with Crippen LogP contribution in [0.3, 0.4) is 0 Å². The summed E-state index contributed by atoms with van der Waals surface area (Å²) in [4.78, 5) is 21.9. The van der Waals surface area contributed by atoms with Crippen LogP contribution in [0, 0.1) is 5.82 Å². The normalized spacial score (nSPS) is 8.53. The predicted molar refractivity (Wildman–Crippen MR) is 57.1 cm³/mol. The van der Waals surface area contributed by atoms with Crippen molar-refractivity contribution in [2.75, 3.05) is 0 Å². The molecule has 0 aromatic heterocycles. The Morgan fingerprint density at radius 3 is 1.76 bits per heavy atom. The Bertz CT molecular complexity index is 414. The molecule has 1 aromatic rings. The molecule has 0 amide bonds. The maximum Gasteiger partial charge on any atom is 0.414 e. The molecule has 0 unspecified atom stereocenters. The fourth-order valence-corrected chi connectivity index (χ4v) is 0.665. The number of carboxylic acid groups (broad SMARTS) is 2. The van der Waals surface area contributed by atoms with E-state index in [-0.39, 0.29) is 11.8 Å². The first-order valence-corrected chi connectivity index (χ1v) is 4.14. The molecule has 0 aliphatic rings. The van der Waals surface area contributed by atoms with Gasteiger partial charge in [0.25, 0.3) is 0 Å². The number of nitrogens with zero attached hydrogens (tertiary/aromatic N) is 1. The van der Waals surface area contributed by atoms with E-state index < -0.39 is 11.9 Å². The molecule has 7 nitrogen and oxygen atoms in total. The maximum absolute atomic E-state index is 12.3. The Morgan fingerprint density at radius 2 is 1.47 bits per heavy atom. The summed E-state index contributed by atoms with van der Waals surface area (Å²) < 4.78 is 12.3. The Morgan fingerprint density at radius 1 is 1.06 bits per heavy atom. The second kappa shape index (κ2) is 6.77. The summed E-state index contributed by atoms with van der Waals surface area (Å²) in [6.45, 7) is 0. The van der Waals surface area contributed by atoms with Crippen molar-refractivity contribution in [3.8, 4) is 0 Å². The lowest BCUT2D eigenvalue weighted by Gasteiger charge is -1.92. The number of hydrogen-bond acceptors (Lipinski definition) is 3. The van der Waals surface area contributed by atoms with Crippen molar-refractivity contribution in [3.05, 3.63) is 30.1 Å². The molecular weight excluding hydrogens is 233 g/mol. The van der Waals surface area contributed by atoms with Crippen LogP contribution < -0.4 is 11.5 Å². The molecular formula is C9H10FN3O4. The molecule has 1 aromatic carbocycles. The summed E-state index contributed by atoms with van der Waals surface area (Å²) in [5.74, 6) is -3.99. The highest BCUT2D eigenvalue weighted by atomic mass is 19.1. The zero-order chi connectivity index (χ0) is 13.4. The molecule has 17 heavy (non-hydrogen) atoms. The standard InChI is InChI=1S/C7H8FN3.C2H2O4/c8-5-1-3-6(4-2-5)11-7(9)10;3-1(4)2(5)6/h1-4H,(H4,9,10,11);(H,3,4)(H,5,6). The van der Waals surface area contributed by atoms with Gasteiger partial charge < -0.3 is 21.7 Å². The number of nitrogens with two attached hydrogens (primary N) is 2. The first kappa shape index (κ1) is 14.4. The summed E-state index contributed by atoms with van der Waals surface area (Å²) >= 11 is 0. The van der Waals surface area contributed by atoms with Gasteiger partial charge in [-0.3, -0.25) is 0 Å². The Hall–Kier alpha value is -2.64. The summed E-state index contributed by atoms with van der Waals surface area (Å²) in [5, 5.41) is 14.8. The number of carbonyl (C=O) groups is 2. The van der Waals surface area contributed by atoms with Gasteiger partial charge in [-0.15, -0.1) is 0 Å². The molecule has 6 N–H and O–H groups in total. The maximum atomic E-state index is 12.3. The minimum absolute atomic E-state index is 0.0309. The fourth-order valence-electron chi connectivity index (χ4n) is 0.665. The highest BCUT2D eigenvalue weighted by Gasteiger charge is 2.04. The molecule has 0 saturated carbocycles. The number of rotatable bonds is 1. The molecule has 0 bridgehead atoms. The molecule has 0 aliphatic carbocycles. The van der Waals surface area contributed by atoms with Gasteiger partial charge in [0.15, 0.2) is 5.96 Å². The van der Waals surface area contributed by atoms with Crippen molar-refractivity contribution < 1.29 is 24.2 Å². The third-order valence-electron chi connectivity index (χ3n) is 1.27. The molecule has 0 saturated heterocycles. The third-order valence-corrected chi connectivity index (χ3v) is 1.27. The fraction of sp³-hybridized carbons (Fsp3) is 0. The lowest BCUT2D eigenvalue weighted by Crippen LogP contribution is -2.21. The van der Waals surface area contributed by atoms with Crippen LogP contribution in [-0.4, -0.2) is 28.1 Å². The van der Waals surface area contributed by atoms with Crippen LogP contribution in [0.5, 0.6) is 0 Å². The van der Waals surface area contributed by atoms with E-state index in [9.17, 15) is 4.39 Å². The van der Waals surface area contributed by atoms with E-state index in [0.29, 0.717) is 5.69 Å². The summed E-state index contributed by atoms with van der Waals surface area (Å²) in [5.41, 5.74) is 10.7. The van der Waals surface area contributed by atoms with Crippen LogP contribution in [0.2, 0.25) is 0 Å². The lowest BCUT2D eigenvalue weighted by atomic mass is 10.3. The van der Waals surface area contributed by atoms with Gasteiger partial charge in [0.05, 0.1) is 5.69 Å². The molecule has 0 fully saturated rings. The van der Waals surface area contributed by atoms with Crippen LogP contribution in [0.1, 0.15) is 0 Å². The van der Waals surface area contributed by atoms with Crippen molar-refractivity contribution in [1.82, 2.24) is 0 Å². The van der Waals surface area contributed by atoms with Crippen LogP contribution in [0.15, 0.2) is 29.3 Å². The number of benzene rings is 1. The van der Waals surface area contributed by atoms with Crippen LogP contribution in [0.4, 0.5) is 10.1 Å². The highest BCUT2D eigenvalue weighted by Crippen LogP contribution is 2.10. The van der Waals surface area contributed by atoms with E-state index in [1.54, 1.807) is 0 Å². The molecule has 8 heteroatoms. The average molecular weight is 243 g/mol. The lowest BCUT2D eigenvalue weighted by molar-refractivity contribution is -0.159. The SMILES string of the molecule is NC(N)=Nc1ccc(F)cc1.O=C(O)C(=O)O. The van der Waals surface area contributed by atoms with E-state index in [4.69, 9.17) is 31.3 Å². The van der Waals surface area contributed by atoms with E-state index in [1.807, 2.05) is 0 Å². The zero-order valence-corrected chi connectivity index (χ0v) is 8.50. The largest absolute Gasteiger partial charge is 0.473 e. The van der Waals surface area contributed by atoms with Gasteiger partial charge in [0, 0.05) is 0 Å². The van der Waals surface area contributed by atoms with Crippen LogP contribution >= 0.6 is 0 Å². The number of guanidine groups is 1. The van der Waals surface area contributed by atoms with Crippen LogP contribution in [0.25, 0.3) is 0 Å². The predicted octanol–water partition coefficient (Wildman–Crippen LogP) is -0.114. The zero-order valence-electron chi connectivity index (χ0n) is 8.50. The monoisotopic (exact) mass is 243 g/mol. The minimum atomic E-state index is -1.82. The van der Waals surface area contributed by atoms with Gasteiger partial charge in [-0.2, -0.15) is 0 Å². The average Bonchev–Trinajstić information content (AvgIpc) is 2.21. The van der Waals surface area contributed by atoms with E-state index in [2.05, 4.69) is 4.99 Å². The van der Waals surface area contributed by atoms with Gasteiger partial charge in [-0.25, -0.2) is 19.0 Å². The number of hydrogen-bond donors (Lipinski definition) is 4. The number of aliphatic imine (C=N–C) groups is 1. The van der Waals surface area contributed by atoms with Gasteiger partial charge in [-0.1, -0.05) is 0 Å². The first-order chi connectivity index (χ1) is 7.82. The van der Waals surface area contributed by atoms with E-state index >= 15 is 0 Å². The van der Waals surface area contributed by atoms with Gasteiger partial charge in [-0.05, 0) is 24.3 Å². The Balaban J connectivity index is 0.000000366. The van der Waals surface area contributed by atoms with Gasteiger partial charge in [0.2, 0.25) is 0 Å². The molecule has 0 spiro atoms. The minimum Gasteiger partial charge on any atom is -0.473 e. The molecule has 0 atom stereocenters. The summed E-state index contributed by atoms with van der Waals surface area (Å²) in [7, 11) is 0.